The summed E-state index contributed by atoms with van der Waals surface area (Å²) in [6.45, 7) is 9.29. The van der Waals surface area contributed by atoms with E-state index < -0.39 is 0 Å². The van der Waals surface area contributed by atoms with Crippen molar-refractivity contribution < 1.29 is 14.3 Å². The van der Waals surface area contributed by atoms with Gasteiger partial charge in [-0.15, -0.1) is 0 Å². The molecule has 140 valence electrons. The molecule has 0 spiro atoms. The van der Waals surface area contributed by atoms with Gasteiger partial charge in [-0.2, -0.15) is 0 Å². The fourth-order valence-electron chi connectivity index (χ4n) is 2.44. The number of nitrogens with one attached hydrogen (secondary N) is 1. The summed E-state index contributed by atoms with van der Waals surface area (Å²) < 4.78 is 11.2. The zero-order valence-corrected chi connectivity index (χ0v) is 16.2. The van der Waals surface area contributed by atoms with Crippen molar-refractivity contribution in [2.24, 2.45) is 0 Å². The average molecular weight is 355 g/mol. The highest BCUT2D eigenvalue weighted by molar-refractivity contribution is 5.92. The lowest BCUT2D eigenvalue weighted by atomic mass is 9.82. The Hall–Kier alpha value is -2.49. The Morgan fingerprint density at radius 3 is 2.38 bits per heavy atom. The number of ether oxygens (including phenoxy) is 2. The van der Waals surface area contributed by atoms with E-state index in [2.05, 4.69) is 45.1 Å². The van der Waals surface area contributed by atoms with Gasteiger partial charge in [-0.25, -0.2) is 0 Å². The van der Waals surface area contributed by atoms with Crippen molar-refractivity contribution in [1.82, 2.24) is 0 Å². The van der Waals surface area contributed by atoms with Crippen molar-refractivity contribution in [2.75, 3.05) is 18.5 Å². The van der Waals surface area contributed by atoms with E-state index in [1.54, 1.807) is 0 Å². The second kappa shape index (κ2) is 9.27. The molecule has 4 nitrogen and oxygen atoms in total. The van der Waals surface area contributed by atoms with Gasteiger partial charge in [0, 0.05) is 11.8 Å². The van der Waals surface area contributed by atoms with E-state index in [1.165, 1.54) is 5.56 Å². The molecule has 1 N–H and O–H groups in total. The number of hydrogen-bond acceptors (Lipinski definition) is 3. The summed E-state index contributed by atoms with van der Waals surface area (Å²) in [6, 6.07) is 15.3. The lowest BCUT2D eigenvalue weighted by molar-refractivity contribution is -0.118. The van der Waals surface area contributed by atoms with Crippen LogP contribution in [-0.4, -0.2) is 19.1 Å². The monoisotopic (exact) mass is 355 g/mol. The molecule has 2 aromatic carbocycles. The maximum Gasteiger partial charge on any atom is 0.262 e. The Morgan fingerprint density at radius 1 is 1.00 bits per heavy atom. The number of carbonyl (C=O) groups excluding carboxylic acids is 1. The van der Waals surface area contributed by atoms with Crippen LogP contribution in [0.3, 0.4) is 0 Å². The molecule has 0 bridgehead atoms. The van der Waals surface area contributed by atoms with Crippen LogP contribution in [0.1, 0.15) is 46.1 Å². The first kappa shape index (κ1) is 19.8. The molecule has 0 saturated heterocycles. The number of hydrogen-bond donors (Lipinski definition) is 1. The largest absolute Gasteiger partial charge is 0.494 e. The van der Waals surface area contributed by atoms with Gasteiger partial charge < -0.3 is 14.8 Å². The minimum absolute atomic E-state index is 0.0312. The van der Waals surface area contributed by atoms with Crippen LogP contribution < -0.4 is 14.8 Å². The van der Waals surface area contributed by atoms with Crippen molar-refractivity contribution in [3.63, 3.8) is 0 Å². The van der Waals surface area contributed by atoms with E-state index in [4.69, 9.17) is 9.47 Å². The van der Waals surface area contributed by atoms with E-state index in [9.17, 15) is 4.79 Å². The lowest BCUT2D eigenvalue weighted by Gasteiger charge is -2.23. The van der Waals surface area contributed by atoms with Crippen LogP contribution >= 0.6 is 0 Å². The molecule has 0 unspecified atom stereocenters. The predicted molar refractivity (Wildman–Crippen MR) is 106 cm³/mol. The van der Waals surface area contributed by atoms with E-state index in [-0.39, 0.29) is 17.9 Å². The molecule has 1 amide bonds. The standard InChI is InChI=1S/C22H29NO3/c1-5-14-25-20-9-7-8-18(15-20)23-21(24)16-26-19-12-10-17(11-13-19)22(3,4)6-2/h7-13,15H,5-6,14,16H2,1-4H3,(H,23,24). The second-order valence-electron chi connectivity index (χ2n) is 6.97. The molecule has 0 aliphatic carbocycles. The van der Waals surface area contributed by atoms with Crippen molar-refractivity contribution in [3.8, 4) is 11.5 Å². The van der Waals surface area contributed by atoms with Crippen LogP contribution in [0.5, 0.6) is 11.5 Å². The first-order valence-corrected chi connectivity index (χ1v) is 9.20. The van der Waals surface area contributed by atoms with Gasteiger partial charge in [-0.3, -0.25) is 4.79 Å². The summed E-state index contributed by atoms with van der Waals surface area (Å²) in [5.74, 6) is 1.24. The summed E-state index contributed by atoms with van der Waals surface area (Å²) in [7, 11) is 0. The first-order valence-electron chi connectivity index (χ1n) is 9.20. The zero-order valence-electron chi connectivity index (χ0n) is 16.2. The fraction of sp³-hybridized carbons (Fsp3) is 0.409. The number of anilines is 1. The Morgan fingerprint density at radius 2 is 1.73 bits per heavy atom. The van der Waals surface area contributed by atoms with Crippen molar-refractivity contribution in [3.05, 3.63) is 54.1 Å². The van der Waals surface area contributed by atoms with Crippen LogP contribution in [-0.2, 0) is 10.2 Å². The maximum atomic E-state index is 12.1. The molecule has 0 heterocycles. The number of rotatable bonds is 9. The Kier molecular flexibility index (Phi) is 7.07. The average Bonchev–Trinajstić information content (AvgIpc) is 2.65. The molecule has 0 aliphatic rings. The number of amides is 1. The van der Waals surface area contributed by atoms with Gasteiger partial charge in [0.1, 0.15) is 11.5 Å². The topological polar surface area (TPSA) is 47.6 Å². The van der Waals surface area contributed by atoms with E-state index in [1.807, 2.05) is 36.4 Å². The van der Waals surface area contributed by atoms with Crippen molar-refractivity contribution in [1.29, 1.82) is 0 Å². The predicted octanol–water partition coefficient (Wildman–Crippen LogP) is 5.18. The molecule has 2 aromatic rings. The van der Waals surface area contributed by atoms with Crippen LogP contribution in [0.25, 0.3) is 0 Å². The number of benzene rings is 2. The molecule has 0 radical (unpaired) electrons. The molecule has 0 aliphatic heterocycles. The van der Waals surface area contributed by atoms with Crippen LogP contribution in [0, 0.1) is 0 Å². The molecule has 26 heavy (non-hydrogen) atoms. The van der Waals surface area contributed by atoms with Crippen molar-refractivity contribution >= 4 is 11.6 Å². The molecule has 0 atom stereocenters. The van der Waals surface area contributed by atoms with E-state index in [0.717, 1.165) is 18.6 Å². The van der Waals surface area contributed by atoms with Gasteiger partial charge in [0.05, 0.1) is 6.61 Å². The first-order chi connectivity index (χ1) is 12.4. The van der Waals surface area contributed by atoms with Gasteiger partial charge in [0.15, 0.2) is 6.61 Å². The summed E-state index contributed by atoms with van der Waals surface area (Å²) in [4.78, 5) is 12.1. The van der Waals surface area contributed by atoms with Gasteiger partial charge in [0.2, 0.25) is 0 Å². The summed E-state index contributed by atoms with van der Waals surface area (Å²) >= 11 is 0. The van der Waals surface area contributed by atoms with Crippen LogP contribution in [0.2, 0.25) is 0 Å². The smallest absolute Gasteiger partial charge is 0.262 e. The Bertz CT molecular complexity index is 708. The maximum absolute atomic E-state index is 12.1. The molecule has 0 fully saturated rings. The Labute approximate surface area is 156 Å². The summed E-state index contributed by atoms with van der Waals surface area (Å²) in [6.07, 6.45) is 2.01. The molecule has 0 saturated carbocycles. The normalized spacial score (nSPS) is 11.1. The quantitative estimate of drug-likeness (QED) is 0.674. The minimum Gasteiger partial charge on any atom is -0.494 e. The van der Waals surface area contributed by atoms with Gasteiger partial charge in [0.25, 0.3) is 5.91 Å². The van der Waals surface area contributed by atoms with Gasteiger partial charge >= 0.3 is 0 Å². The van der Waals surface area contributed by atoms with Crippen LogP contribution in [0.15, 0.2) is 48.5 Å². The number of carbonyl (C=O) groups is 1. The van der Waals surface area contributed by atoms with Crippen LogP contribution in [0.4, 0.5) is 5.69 Å². The Balaban J connectivity index is 1.87. The third-order valence-corrected chi connectivity index (χ3v) is 4.48. The summed E-state index contributed by atoms with van der Waals surface area (Å²) in [5.41, 5.74) is 2.11. The van der Waals surface area contributed by atoms with Crippen molar-refractivity contribution in [2.45, 2.75) is 46.0 Å². The molecular formula is C22H29NO3. The van der Waals surface area contributed by atoms with E-state index in [0.29, 0.717) is 18.0 Å². The highest BCUT2D eigenvalue weighted by Gasteiger charge is 2.17. The second-order valence-corrected chi connectivity index (χ2v) is 6.97. The fourth-order valence-corrected chi connectivity index (χ4v) is 2.44. The van der Waals surface area contributed by atoms with Gasteiger partial charge in [-0.05, 0) is 48.1 Å². The zero-order chi connectivity index (χ0) is 19.0. The lowest BCUT2D eigenvalue weighted by Crippen LogP contribution is -2.20. The highest BCUT2D eigenvalue weighted by atomic mass is 16.5. The molecule has 4 heteroatoms. The SMILES string of the molecule is CCCOc1cccc(NC(=O)COc2ccc(C(C)(C)CC)cc2)c1. The molecular weight excluding hydrogens is 326 g/mol. The van der Waals surface area contributed by atoms with Gasteiger partial charge in [-0.1, -0.05) is 45.9 Å². The van der Waals surface area contributed by atoms with E-state index >= 15 is 0 Å². The highest BCUT2D eigenvalue weighted by Crippen LogP contribution is 2.28. The third-order valence-electron chi connectivity index (χ3n) is 4.48. The summed E-state index contributed by atoms with van der Waals surface area (Å²) in [5, 5.41) is 2.83. The molecule has 2 rings (SSSR count). The molecule has 0 aromatic heterocycles. The minimum atomic E-state index is -0.199. The third kappa shape index (κ3) is 5.80.